The third-order valence-corrected chi connectivity index (χ3v) is 3.86. The van der Waals surface area contributed by atoms with Crippen molar-refractivity contribution in [3.63, 3.8) is 0 Å². The van der Waals surface area contributed by atoms with E-state index in [-0.39, 0.29) is 30.1 Å². The van der Waals surface area contributed by atoms with Crippen LogP contribution in [-0.2, 0) is 11.2 Å². The molecular formula is C19H18FN3O5. The molecule has 0 saturated heterocycles. The molecule has 0 bridgehead atoms. The van der Waals surface area contributed by atoms with Gasteiger partial charge in [0.05, 0.1) is 27.8 Å². The molecule has 0 atom stereocenters. The van der Waals surface area contributed by atoms with Crippen LogP contribution in [0.1, 0.15) is 5.56 Å². The summed E-state index contributed by atoms with van der Waals surface area (Å²) < 4.78 is 34.3. The molecule has 1 amide bonds. The number of nitrogens with one attached hydrogen (secondary N) is 1. The molecule has 0 aliphatic carbocycles. The standard InChI is InChI=1S/C19H18FN3O5/c1-25-14-9-12(10-15(26-2)17(14)27-3)18-22-23-19(28-18)21-16(24)8-11-4-6-13(20)7-5-11/h4-7,9-10H,8H2,1-3H3,(H,21,23,24). The highest BCUT2D eigenvalue weighted by Gasteiger charge is 2.18. The molecule has 0 radical (unpaired) electrons. The van der Waals surface area contributed by atoms with Crippen LogP contribution >= 0.6 is 0 Å². The fourth-order valence-electron chi connectivity index (χ4n) is 2.55. The van der Waals surface area contributed by atoms with Crippen LogP contribution in [0, 0.1) is 5.82 Å². The molecule has 28 heavy (non-hydrogen) atoms. The Labute approximate surface area is 160 Å². The van der Waals surface area contributed by atoms with E-state index in [2.05, 4.69) is 15.5 Å². The third kappa shape index (κ3) is 4.20. The minimum atomic E-state index is -0.369. The van der Waals surface area contributed by atoms with Crippen LogP contribution in [0.2, 0.25) is 0 Å². The second-order valence-electron chi connectivity index (χ2n) is 5.68. The molecule has 0 saturated carbocycles. The van der Waals surface area contributed by atoms with Crippen molar-refractivity contribution in [3.8, 4) is 28.7 Å². The van der Waals surface area contributed by atoms with E-state index in [1.165, 1.54) is 45.6 Å². The minimum absolute atomic E-state index is 0.0438. The molecule has 0 aliphatic heterocycles. The lowest BCUT2D eigenvalue weighted by Crippen LogP contribution is -2.14. The molecule has 2 aromatic carbocycles. The molecule has 0 unspecified atom stereocenters. The molecular weight excluding hydrogens is 369 g/mol. The van der Waals surface area contributed by atoms with Crippen LogP contribution in [0.5, 0.6) is 17.2 Å². The summed E-state index contributed by atoms with van der Waals surface area (Å²) in [5, 5.41) is 10.3. The van der Waals surface area contributed by atoms with Gasteiger partial charge in [0.15, 0.2) is 11.5 Å². The van der Waals surface area contributed by atoms with Gasteiger partial charge in [-0.25, -0.2) is 4.39 Å². The van der Waals surface area contributed by atoms with E-state index in [9.17, 15) is 9.18 Å². The lowest BCUT2D eigenvalue weighted by Gasteiger charge is -2.12. The Hall–Kier alpha value is -3.62. The second kappa shape index (κ2) is 8.38. The van der Waals surface area contributed by atoms with Crippen molar-refractivity contribution >= 4 is 11.9 Å². The predicted octanol–water partition coefficient (Wildman–Crippen LogP) is 3.08. The van der Waals surface area contributed by atoms with Gasteiger partial charge in [-0.1, -0.05) is 17.2 Å². The van der Waals surface area contributed by atoms with Gasteiger partial charge in [-0.3, -0.25) is 10.1 Å². The summed E-state index contributed by atoms with van der Waals surface area (Å²) >= 11 is 0. The van der Waals surface area contributed by atoms with Crippen molar-refractivity contribution in [1.29, 1.82) is 0 Å². The van der Waals surface area contributed by atoms with E-state index in [4.69, 9.17) is 18.6 Å². The SMILES string of the molecule is COc1cc(-c2nnc(NC(=O)Cc3ccc(F)cc3)o2)cc(OC)c1OC. The smallest absolute Gasteiger partial charge is 0.322 e. The quantitative estimate of drug-likeness (QED) is 0.665. The van der Waals surface area contributed by atoms with E-state index in [1.807, 2.05) is 0 Å². The number of rotatable bonds is 7. The fourth-order valence-corrected chi connectivity index (χ4v) is 2.55. The number of halogens is 1. The normalized spacial score (nSPS) is 10.4. The zero-order valence-corrected chi connectivity index (χ0v) is 15.5. The van der Waals surface area contributed by atoms with Gasteiger partial charge < -0.3 is 18.6 Å². The maximum absolute atomic E-state index is 12.9. The minimum Gasteiger partial charge on any atom is -0.493 e. The molecule has 146 valence electrons. The fraction of sp³-hybridized carbons (Fsp3) is 0.211. The Kier molecular flexibility index (Phi) is 5.73. The number of anilines is 1. The van der Waals surface area contributed by atoms with E-state index in [0.29, 0.717) is 28.4 Å². The van der Waals surface area contributed by atoms with Crippen LogP contribution in [0.25, 0.3) is 11.5 Å². The van der Waals surface area contributed by atoms with Crippen LogP contribution in [0.4, 0.5) is 10.4 Å². The number of carbonyl (C=O) groups excluding carboxylic acids is 1. The number of aromatic nitrogens is 2. The van der Waals surface area contributed by atoms with E-state index >= 15 is 0 Å². The summed E-state index contributed by atoms with van der Waals surface area (Å²) in [6, 6.07) is 8.89. The number of nitrogens with zero attached hydrogens (tertiary/aromatic N) is 2. The molecule has 0 aliphatic rings. The van der Waals surface area contributed by atoms with Crippen molar-refractivity contribution in [2.75, 3.05) is 26.6 Å². The molecule has 1 aromatic heterocycles. The average Bonchev–Trinajstić information content (AvgIpc) is 3.16. The number of methoxy groups -OCH3 is 3. The maximum Gasteiger partial charge on any atom is 0.322 e. The Bertz CT molecular complexity index is 947. The summed E-state index contributed by atoms with van der Waals surface area (Å²) in [7, 11) is 4.49. The maximum atomic E-state index is 12.9. The number of benzene rings is 2. The Balaban J connectivity index is 1.76. The van der Waals surface area contributed by atoms with Gasteiger partial charge in [0.2, 0.25) is 17.5 Å². The highest BCUT2D eigenvalue weighted by Crippen LogP contribution is 2.41. The van der Waals surface area contributed by atoms with Crippen LogP contribution in [-0.4, -0.2) is 37.4 Å². The van der Waals surface area contributed by atoms with Gasteiger partial charge in [-0.2, -0.15) is 0 Å². The van der Waals surface area contributed by atoms with Crippen LogP contribution < -0.4 is 19.5 Å². The van der Waals surface area contributed by atoms with Crippen molar-refractivity contribution < 1.29 is 27.8 Å². The Morgan fingerprint density at radius 1 is 1.04 bits per heavy atom. The van der Waals surface area contributed by atoms with E-state index in [0.717, 1.165) is 0 Å². The number of hydrogen-bond donors (Lipinski definition) is 1. The number of amides is 1. The van der Waals surface area contributed by atoms with Crippen molar-refractivity contribution in [3.05, 3.63) is 47.8 Å². The van der Waals surface area contributed by atoms with Gasteiger partial charge in [-0.15, -0.1) is 5.10 Å². The molecule has 0 fully saturated rings. The summed E-state index contributed by atoms with van der Waals surface area (Å²) in [5.74, 6) is 0.717. The summed E-state index contributed by atoms with van der Waals surface area (Å²) in [6.45, 7) is 0. The molecule has 9 heteroatoms. The molecule has 1 N–H and O–H groups in total. The first-order valence-corrected chi connectivity index (χ1v) is 8.22. The molecule has 8 nitrogen and oxygen atoms in total. The second-order valence-corrected chi connectivity index (χ2v) is 5.68. The number of carbonyl (C=O) groups is 1. The lowest BCUT2D eigenvalue weighted by atomic mass is 10.1. The zero-order chi connectivity index (χ0) is 20.1. The largest absolute Gasteiger partial charge is 0.493 e. The van der Waals surface area contributed by atoms with E-state index in [1.54, 1.807) is 12.1 Å². The zero-order valence-electron chi connectivity index (χ0n) is 15.5. The van der Waals surface area contributed by atoms with Gasteiger partial charge in [0.1, 0.15) is 5.82 Å². The highest BCUT2D eigenvalue weighted by molar-refractivity contribution is 5.90. The monoisotopic (exact) mass is 387 g/mol. The Morgan fingerprint density at radius 2 is 1.68 bits per heavy atom. The molecule has 0 spiro atoms. The first kappa shape index (κ1) is 19.2. The molecule has 1 heterocycles. The Morgan fingerprint density at radius 3 is 2.25 bits per heavy atom. The number of ether oxygens (including phenoxy) is 3. The first-order valence-electron chi connectivity index (χ1n) is 8.22. The van der Waals surface area contributed by atoms with Crippen LogP contribution in [0.15, 0.2) is 40.8 Å². The van der Waals surface area contributed by atoms with Gasteiger partial charge in [0, 0.05) is 5.56 Å². The van der Waals surface area contributed by atoms with Gasteiger partial charge in [0.25, 0.3) is 0 Å². The van der Waals surface area contributed by atoms with Crippen molar-refractivity contribution in [2.24, 2.45) is 0 Å². The third-order valence-electron chi connectivity index (χ3n) is 3.86. The predicted molar refractivity (Wildman–Crippen MR) is 98.1 cm³/mol. The first-order chi connectivity index (χ1) is 13.5. The topological polar surface area (TPSA) is 95.7 Å². The molecule has 3 rings (SSSR count). The summed E-state index contributed by atoms with van der Waals surface area (Å²) in [5.41, 5.74) is 1.18. The molecule has 3 aromatic rings. The summed E-state index contributed by atoms with van der Waals surface area (Å²) in [6.07, 6.45) is 0.0438. The van der Waals surface area contributed by atoms with Crippen LogP contribution in [0.3, 0.4) is 0 Å². The highest BCUT2D eigenvalue weighted by atomic mass is 19.1. The van der Waals surface area contributed by atoms with Gasteiger partial charge >= 0.3 is 6.01 Å². The van der Waals surface area contributed by atoms with Gasteiger partial charge in [-0.05, 0) is 29.8 Å². The van der Waals surface area contributed by atoms with Crippen molar-refractivity contribution in [1.82, 2.24) is 10.2 Å². The average molecular weight is 387 g/mol. The lowest BCUT2D eigenvalue weighted by molar-refractivity contribution is -0.115. The summed E-state index contributed by atoms with van der Waals surface area (Å²) in [4.78, 5) is 12.1. The number of hydrogen-bond acceptors (Lipinski definition) is 7. The van der Waals surface area contributed by atoms with Crippen molar-refractivity contribution in [2.45, 2.75) is 6.42 Å². The van der Waals surface area contributed by atoms with E-state index < -0.39 is 0 Å².